The molecule has 0 amide bonds. The highest BCUT2D eigenvalue weighted by Gasteiger charge is 2.36. The summed E-state index contributed by atoms with van der Waals surface area (Å²) in [6.07, 6.45) is 4.16. The van der Waals surface area contributed by atoms with Gasteiger partial charge in [-0.25, -0.2) is 4.39 Å². The third kappa shape index (κ3) is 2.10. The minimum Gasteiger partial charge on any atom is -0.371 e. The molecule has 1 saturated heterocycles. The molecule has 2 aliphatic rings. The second-order valence-electron chi connectivity index (χ2n) is 5.26. The quantitative estimate of drug-likeness (QED) is 0.747. The number of hydrogen-bond acceptors (Lipinski definition) is 1. The zero-order valence-electron chi connectivity index (χ0n) is 9.83. The number of nitrogens with zero attached hydrogens (tertiary/aromatic N) is 1. The van der Waals surface area contributed by atoms with Crippen molar-refractivity contribution in [1.82, 2.24) is 0 Å². The fourth-order valence-electron chi connectivity index (χ4n) is 3.40. The first-order valence-corrected chi connectivity index (χ1v) is 7.49. The molecule has 0 aromatic heterocycles. The number of benzene rings is 1. The highest BCUT2D eigenvalue weighted by atomic mass is 79.9. The van der Waals surface area contributed by atoms with Gasteiger partial charge in [0.15, 0.2) is 0 Å². The molecule has 2 atom stereocenters. The van der Waals surface area contributed by atoms with E-state index < -0.39 is 0 Å². The minimum atomic E-state index is -0.136. The first-order chi connectivity index (χ1) is 8.28. The van der Waals surface area contributed by atoms with Crippen LogP contribution in [0, 0.1) is 17.7 Å². The highest BCUT2D eigenvalue weighted by Crippen LogP contribution is 2.40. The topological polar surface area (TPSA) is 3.24 Å². The summed E-state index contributed by atoms with van der Waals surface area (Å²) in [6.45, 7) is 2.33. The molecule has 2 unspecified atom stereocenters. The molecule has 92 valence electrons. The van der Waals surface area contributed by atoms with Gasteiger partial charge in [-0.05, 0) is 48.4 Å². The monoisotopic (exact) mass is 297 g/mol. The van der Waals surface area contributed by atoms with E-state index in [2.05, 4.69) is 20.8 Å². The smallest absolute Gasteiger partial charge is 0.123 e. The van der Waals surface area contributed by atoms with E-state index in [0.29, 0.717) is 0 Å². The van der Waals surface area contributed by atoms with E-state index in [1.807, 2.05) is 6.07 Å². The zero-order valence-corrected chi connectivity index (χ0v) is 11.4. The molecular formula is C14H17BrFN. The third-order valence-corrected chi connectivity index (χ3v) is 4.86. The predicted octanol–water partition coefficient (Wildman–Crippen LogP) is 3.96. The van der Waals surface area contributed by atoms with Crippen LogP contribution in [0.4, 0.5) is 10.1 Å². The summed E-state index contributed by atoms with van der Waals surface area (Å²) in [4.78, 5) is 2.45. The van der Waals surface area contributed by atoms with Crippen LogP contribution in [0.5, 0.6) is 0 Å². The summed E-state index contributed by atoms with van der Waals surface area (Å²) in [7, 11) is 0. The summed E-state index contributed by atoms with van der Waals surface area (Å²) < 4.78 is 13.2. The molecule has 0 N–H and O–H groups in total. The van der Waals surface area contributed by atoms with Crippen LogP contribution in [-0.2, 0) is 5.33 Å². The van der Waals surface area contributed by atoms with Crippen molar-refractivity contribution in [3.05, 3.63) is 29.6 Å². The molecule has 3 heteroatoms. The maximum absolute atomic E-state index is 13.2. The Kier molecular flexibility index (Phi) is 3.12. The molecule has 0 radical (unpaired) electrons. The molecule has 1 aliphatic carbocycles. The van der Waals surface area contributed by atoms with E-state index in [1.165, 1.54) is 24.9 Å². The first kappa shape index (κ1) is 11.5. The van der Waals surface area contributed by atoms with Gasteiger partial charge < -0.3 is 4.90 Å². The van der Waals surface area contributed by atoms with Gasteiger partial charge in [0.1, 0.15) is 5.82 Å². The van der Waals surface area contributed by atoms with Crippen molar-refractivity contribution in [3.63, 3.8) is 0 Å². The van der Waals surface area contributed by atoms with Crippen LogP contribution in [0.25, 0.3) is 0 Å². The Labute approximate surface area is 110 Å². The fourth-order valence-corrected chi connectivity index (χ4v) is 3.85. The van der Waals surface area contributed by atoms with Crippen LogP contribution in [0.3, 0.4) is 0 Å². The molecule has 0 spiro atoms. The van der Waals surface area contributed by atoms with Gasteiger partial charge in [0.2, 0.25) is 0 Å². The second kappa shape index (κ2) is 4.60. The number of anilines is 1. The van der Waals surface area contributed by atoms with Gasteiger partial charge in [-0.3, -0.25) is 0 Å². The molecule has 3 rings (SSSR count). The van der Waals surface area contributed by atoms with Crippen molar-refractivity contribution in [2.75, 3.05) is 18.0 Å². The summed E-state index contributed by atoms with van der Waals surface area (Å²) in [6, 6.07) is 5.17. The van der Waals surface area contributed by atoms with Crippen LogP contribution in [0.15, 0.2) is 18.2 Å². The van der Waals surface area contributed by atoms with Crippen molar-refractivity contribution < 1.29 is 4.39 Å². The summed E-state index contributed by atoms with van der Waals surface area (Å²) in [5.41, 5.74) is 2.29. The van der Waals surface area contributed by atoms with Gasteiger partial charge in [0.05, 0.1) is 0 Å². The Bertz CT molecular complexity index is 409. The standard InChI is InChI=1S/C14H17BrFN/c15-7-12-6-13(16)4-5-14(12)17-8-10-2-1-3-11(10)9-17/h4-6,10-11H,1-3,7-9H2. The maximum Gasteiger partial charge on any atom is 0.123 e. The molecule has 1 nitrogen and oxygen atoms in total. The van der Waals surface area contributed by atoms with Gasteiger partial charge in [-0.15, -0.1) is 0 Å². The lowest BCUT2D eigenvalue weighted by Crippen LogP contribution is -2.21. The number of alkyl halides is 1. The van der Waals surface area contributed by atoms with Gasteiger partial charge in [-0.2, -0.15) is 0 Å². The average Bonchev–Trinajstić information content (AvgIpc) is 2.89. The van der Waals surface area contributed by atoms with Crippen molar-refractivity contribution >= 4 is 21.6 Å². The highest BCUT2D eigenvalue weighted by molar-refractivity contribution is 9.08. The van der Waals surface area contributed by atoms with Crippen molar-refractivity contribution in [1.29, 1.82) is 0 Å². The SMILES string of the molecule is Fc1ccc(N2CC3CCCC3C2)c(CBr)c1. The molecule has 1 aliphatic heterocycles. The predicted molar refractivity (Wildman–Crippen MR) is 72.1 cm³/mol. The minimum absolute atomic E-state index is 0.136. The van der Waals surface area contributed by atoms with Crippen molar-refractivity contribution in [2.24, 2.45) is 11.8 Å². The lowest BCUT2D eigenvalue weighted by atomic mass is 10.0. The van der Waals surface area contributed by atoms with Crippen LogP contribution in [-0.4, -0.2) is 13.1 Å². The Morgan fingerprint density at radius 1 is 1.24 bits per heavy atom. The van der Waals surface area contributed by atoms with Crippen LogP contribution < -0.4 is 4.90 Å². The van der Waals surface area contributed by atoms with E-state index in [4.69, 9.17) is 0 Å². The number of hydrogen-bond donors (Lipinski definition) is 0. The van der Waals surface area contributed by atoms with E-state index in [9.17, 15) is 4.39 Å². The molecule has 2 fully saturated rings. The van der Waals surface area contributed by atoms with E-state index in [-0.39, 0.29) is 5.82 Å². The summed E-state index contributed by atoms with van der Waals surface area (Å²) in [5.74, 6) is 1.62. The number of halogens is 2. The lowest BCUT2D eigenvalue weighted by Gasteiger charge is -2.22. The molecular weight excluding hydrogens is 281 g/mol. The molecule has 1 aromatic carbocycles. The van der Waals surface area contributed by atoms with E-state index in [0.717, 1.165) is 35.8 Å². The van der Waals surface area contributed by atoms with E-state index >= 15 is 0 Å². The molecule has 1 heterocycles. The molecule has 1 saturated carbocycles. The second-order valence-corrected chi connectivity index (χ2v) is 5.82. The molecule has 17 heavy (non-hydrogen) atoms. The Morgan fingerprint density at radius 2 is 1.94 bits per heavy atom. The van der Waals surface area contributed by atoms with Crippen molar-refractivity contribution in [3.8, 4) is 0 Å². The Hall–Kier alpha value is -0.570. The van der Waals surface area contributed by atoms with Crippen LogP contribution >= 0.6 is 15.9 Å². The summed E-state index contributed by atoms with van der Waals surface area (Å²) in [5, 5.41) is 0.728. The fraction of sp³-hybridized carbons (Fsp3) is 0.571. The third-order valence-electron chi connectivity index (χ3n) is 4.25. The average molecular weight is 298 g/mol. The number of rotatable bonds is 2. The Morgan fingerprint density at radius 3 is 2.59 bits per heavy atom. The van der Waals surface area contributed by atoms with Gasteiger partial charge in [-0.1, -0.05) is 22.4 Å². The molecule has 0 bridgehead atoms. The van der Waals surface area contributed by atoms with Gasteiger partial charge in [0, 0.05) is 24.1 Å². The van der Waals surface area contributed by atoms with Crippen LogP contribution in [0.1, 0.15) is 24.8 Å². The normalized spacial score (nSPS) is 27.5. The summed E-state index contributed by atoms with van der Waals surface area (Å²) >= 11 is 3.46. The molecule has 1 aromatic rings. The Balaban J connectivity index is 1.85. The van der Waals surface area contributed by atoms with E-state index in [1.54, 1.807) is 12.1 Å². The van der Waals surface area contributed by atoms with Gasteiger partial charge in [0.25, 0.3) is 0 Å². The maximum atomic E-state index is 13.2. The first-order valence-electron chi connectivity index (χ1n) is 6.37. The van der Waals surface area contributed by atoms with Gasteiger partial charge >= 0.3 is 0 Å². The lowest BCUT2D eigenvalue weighted by molar-refractivity contribution is 0.494. The van der Waals surface area contributed by atoms with Crippen LogP contribution in [0.2, 0.25) is 0 Å². The van der Waals surface area contributed by atoms with Crippen molar-refractivity contribution in [2.45, 2.75) is 24.6 Å². The number of fused-ring (bicyclic) bond motifs is 1. The zero-order chi connectivity index (χ0) is 11.8. The largest absolute Gasteiger partial charge is 0.371 e.